The summed E-state index contributed by atoms with van der Waals surface area (Å²) in [5.41, 5.74) is 2.16. The van der Waals surface area contributed by atoms with Crippen LogP contribution in [0, 0.1) is 6.92 Å². The third-order valence-electron chi connectivity index (χ3n) is 3.36. The number of rotatable bonds is 3. The maximum absolute atomic E-state index is 12.2. The van der Waals surface area contributed by atoms with Crippen LogP contribution in [-0.2, 0) is 11.3 Å². The fourth-order valence-electron chi connectivity index (χ4n) is 2.25. The fourth-order valence-corrected chi connectivity index (χ4v) is 2.55. The van der Waals surface area contributed by atoms with Crippen molar-refractivity contribution in [2.75, 3.05) is 13.1 Å². The van der Waals surface area contributed by atoms with Crippen LogP contribution in [0.4, 0.5) is 0 Å². The van der Waals surface area contributed by atoms with Crippen molar-refractivity contribution < 1.29 is 4.79 Å². The highest BCUT2D eigenvalue weighted by Crippen LogP contribution is 2.20. The quantitative estimate of drug-likeness (QED) is 0.911. The predicted molar refractivity (Wildman–Crippen MR) is 73.7 cm³/mol. The molecule has 0 saturated carbocycles. The number of carbonyl (C=O) groups is 1. The van der Waals surface area contributed by atoms with E-state index in [4.69, 9.17) is 11.6 Å². The van der Waals surface area contributed by atoms with Gasteiger partial charge >= 0.3 is 0 Å². The lowest BCUT2D eigenvalue weighted by Crippen LogP contribution is -2.54. The molecule has 1 saturated heterocycles. The Balaban J connectivity index is 2.10. The van der Waals surface area contributed by atoms with E-state index in [0.29, 0.717) is 6.54 Å². The minimum atomic E-state index is -0.0389. The van der Waals surface area contributed by atoms with Crippen LogP contribution in [0.2, 0.25) is 5.02 Å². The number of nitrogens with zero attached hydrogens (tertiary/aromatic N) is 1. The van der Waals surface area contributed by atoms with Crippen molar-refractivity contribution in [3.05, 3.63) is 34.3 Å². The number of hydrogen-bond acceptors (Lipinski definition) is 2. The van der Waals surface area contributed by atoms with Crippen molar-refractivity contribution in [1.82, 2.24) is 10.2 Å². The van der Waals surface area contributed by atoms with Gasteiger partial charge in [-0.2, -0.15) is 0 Å². The smallest absolute Gasteiger partial charge is 0.240 e. The Hall–Kier alpha value is -1.06. The summed E-state index contributed by atoms with van der Waals surface area (Å²) in [6.45, 7) is 6.25. The van der Waals surface area contributed by atoms with Crippen LogP contribution < -0.4 is 5.32 Å². The summed E-state index contributed by atoms with van der Waals surface area (Å²) in [6.07, 6.45) is 0.830. The van der Waals surface area contributed by atoms with Crippen molar-refractivity contribution in [2.24, 2.45) is 0 Å². The molecule has 0 radical (unpaired) electrons. The summed E-state index contributed by atoms with van der Waals surface area (Å²) in [7, 11) is 0. The van der Waals surface area contributed by atoms with Crippen LogP contribution in [0.3, 0.4) is 0 Å². The number of hydrogen-bond donors (Lipinski definition) is 1. The Morgan fingerprint density at radius 1 is 1.50 bits per heavy atom. The molecule has 0 spiro atoms. The molecule has 1 aromatic rings. The van der Waals surface area contributed by atoms with E-state index in [2.05, 4.69) is 5.32 Å². The first-order valence-electron chi connectivity index (χ1n) is 6.39. The van der Waals surface area contributed by atoms with E-state index < -0.39 is 0 Å². The molecule has 3 nitrogen and oxygen atoms in total. The zero-order valence-electron chi connectivity index (χ0n) is 10.9. The van der Waals surface area contributed by atoms with Crippen molar-refractivity contribution in [3.63, 3.8) is 0 Å². The van der Waals surface area contributed by atoms with Crippen molar-refractivity contribution in [3.8, 4) is 0 Å². The fraction of sp³-hybridized carbons (Fsp3) is 0.500. The van der Waals surface area contributed by atoms with Gasteiger partial charge in [-0.05, 0) is 30.5 Å². The van der Waals surface area contributed by atoms with E-state index in [1.165, 1.54) is 0 Å². The molecule has 1 N–H and O–H groups in total. The van der Waals surface area contributed by atoms with Crippen LogP contribution in [0.15, 0.2) is 18.2 Å². The molecular weight excluding hydrogens is 248 g/mol. The lowest BCUT2D eigenvalue weighted by atomic mass is 10.1. The van der Waals surface area contributed by atoms with Gasteiger partial charge in [0.2, 0.25) is 5.91 Å². The van der Waals surface area contributed by atoms with Gasteiger partial charge in [-0.25, -0.2) is 0 Å². The number of benzene rings is 1. The Morgan fingerprint density at radius 3 is 2.94 bits per heavy atom. The molecule has 1 amide bonds. The highest BCUT2D eigenvalue weighted by atomic mass is 35.5. The summed E-state index contributed by atoms with van der Waals surface area (Å²) in [4.78, 5) is 14.0. The number of carbonyl (C=O) groups excluding carboxylic acids is 1. The number of amides is 1. The number of piperazine rings is 1. The van der Waals surface area contributed by atoms with Gasteiger partial charge in [0.15, 0.2) is 0 Å². The van der Waals surface area contributed by atoms with Gasteiger partial charge in [0, 0.05) is 24.7 Å². The maximum atomic E-state index is 12.2. The van der Waals surface area contributed by atoms with E-state index >= 15 is 0 Å². The van der Waals surface area contributed by atoms with Crippen molar-refractivity contribution >= 4 is 17.5 Å². The second-order valence-electron chi connectivity index (χ2n) is 4.77. The first kappa shape index (κ1) is 13.4. The van der Waals surface area contributed by atoms with Gasteiger partial charge in [0.05, 0.1) is 6.04 Å². The molecule has 1 aliphatic rings. The molecule has 1 aromatic carbocycles. The largest absolute Gasteiger partial charge is 0.336 e. The van der Waals surface area contributed by atoms with E-state index in [1.54, 1.807) is 0 Å². The van der Waals surface area contributed by atoms with Crippen molar-refractivity contribution in [2.45, 2.75) is 32.9 Å². The molecule has 98 valence electrons. The molecule has 4 heteroatoms. The van der Waals surface area contributed by atoms with E-state index in [0.717, 1.165) is 35.7 Å². The summed E-state index contributed by atoms with van der Waals surface area (Å²) < 4.78 is 0. The van der Waals surface area contributed by atoms with E-state index in [-0.39, 0.29) is 11.9 Å². The molecule has 0 aliphatic carbocycles. The second kappa shape index (κ2) is 5.72. The molecule has 0 bridgehead atoms. The Labute approximate surface area is 113 Å². The third-order valence-corrected chi connectivity index (χ3v) is 3.71. The molecule has 1 unspecified atom stereocenters. The average molecular weight is 267 g/mol. The average Bonchev–Trinajstić information content (AvgIpc) is 2.35. The zero-order valence-corrected chi connectivity index (χ0v) is 11.6. The second-order valence-corrected chi connectivity index (χ2v) is 5.18. The minimum Gasteiger partial charge on any atom is -0.336 e. The molecule has 1 atom stereocenters. The molecule has 18 heavy (non-hydrogen) atoms. The number of nitrogens with one attached hydrogen (secondary N) is 1. The third kappa shape index (κ3) is 2.85. The number of aryl methyl sites for hydroxylation is 1. The van der Waals surface area contributed by atoms with Gasteiger partial charge in [0.25, 0.3) is 0 Å². The monoisotopic (exact) mass is 266 g/mol. The molecule has 1 fully saturated rings. The van der Waals surface area contributed by atoms with Crippen LogP contribution >= 0.6 is 11.6 Å². The molecule has 2 rings (SSSR count). The van der Waals surface area contributed by atoms with E-state index in [9.17, 15) is 4.79 Å². The highest BCUT2D eigenvalue weighted by molar-refractivity contribution is 6.31. The molecular formula is C14H19ClN2O. The van der Waals surface area contributed by atoms with Crippen molar-refractivity contribution in [1.29, 1.82) is 0 Å². The van der Waals surface area contributed by atoms with Gasteiger partial charge < -0.3 is 10.2 Å². The maximum Gasteiger partial charge on any atom is 0.240 e. The Kier molecular flexibility index (Phi) is 4.25. The van der Waals surface area contributed by atoms with Gasteiger partial charge in [-0.3, -0.25) is 4.79 Å². The summed E-state index contributed by atoms with van der Waals surface area (Å²) in [5, 5.41) is 3.98. The first-order valence-corrected chi connectivity index (χ1v) is 6.76. The van der Waals surface area contributed by atoms with E-state index in [1.807, 2.05) is 36.9 Å². The summed E-state index contributed by atoms with van der Waals surface area (Å²) in [5.74, 6) is 0.181. The normalized spacial score (nSPS) is 20.3. The van der Waals surface area contributed by atoms with Crippen LogP contribution in [0.1, 0.15) is 24.5 Å². The lowest BCUT2D eigenvalue weighted by Gasteiger charge is -2.33. The molecule has 1 aliphatic heterocycles. The number of halogens is 1. The Morgan fingerprint density at radius 2 is 2.28 bits per heavy atom. The lowest BCUT2D eigenvalue weighted by molar-refractivity contribution is -0.136. The van der Waals surface area contributed by atoms with Gasteiger partial charge in [-0.1, -0.05) is 30.7 Å². The topological polar surface area (TPSA) is 32.3 Å². The van der Waals surface area contributed by atoms with Gasteiger partial charge in [-0.15, -0.1) is 0 Å². The van der Waals surface area contributed by atoms with Crippen LogP contribution in [0.5, 0.6) is 0 Å². The van der Waals surface area contributed by atoms with Crippen LogP contribution in [-0.4, -0.2) is 29.9 Å². The first-order chi connectivity index (χ1) is 8.61. The van der Waals surface area contributed by atoms with Crippen LogP contribution in [0.25, 0.3) is 0 Å². The SMILES string of the molecule is CCC1NCCN(Cc2ccc(C)cc2Cl)C1=O. The predicted octanol–water partition coefficient (Wildman–Crippen LogP) is 2.36. The summed E-state index contributed by atoms with van der Waals surface area (Å²) in [6, 6.07) is 5.95. The standard InChI is InChI=1S/C14H19ClN2O/c1-3-13-14(18)17(7-6-16-13)9-11-5-4-10(2)8-12(11)15/h4-5,8,13,16H,3,6-7,9H2,1-2H3. The van der Waals surface area contributed by atoms with Gasteiger partial charge in [0.1, 0.15) is 0 Å². The Bertz CT molecular complexity index is 447. The molecule has 1 heterocycles. The molecule has 0 aromatic heterocycles. The summed E-state index contributed by atoms with van der Waals surface area (Å²) >= 11 is 6.21. The zero-order chi connectivity index (χ0) is 13.1. The highest BCUT2D eigenvalue weighted by Gasteiger charge is 2.26. The minimum absolute atomic E-state index is 0.0389.